The van der Waals surface area contributed by atoms with Crippen molar-refractivity contribution in [3.05, 3.63) is 81.6 Å². The average Bonchev–Trinajstić information content (AvgIpc) is 3.01. The van der Waals surface area contributed by atoms with Crippen LogP contribution in [0.1, 0.15) is 22.5 Å². The maximum atomic E-state index is 12.2. The van der Waals surface area contributed by atoms with Crippen LogP contribution in [0.3, 0.4) is 0 Å². The van der Waals surface area contributed by atoms with E-state index in [1.807, 2.05) is 74.0 Å². The van der Waals surface area contributed by atoms with Crippen molar-refractivity contribution in [1.29, 1.82) is 0 Å². The summed E-state index contributed by atoms with van der Waals surface area (Å²) >= 11 is 3.39. The fourth-order valence-electron chi connectivity index (χ4n) is 3.06. The van der Waals surface area contributed by atoms with E-state index in [1.165, 1.54) is 6.08 Å². The van der Waals surface area contributed by atoms with Crippen LogP contribution >= 0.6 is 15.9 Å². The highest BCUT2D eigenvalue weighted by atomic mass is 79.9. The summed E-state index contributed by atoms with van der Waals surface area (Å²) in [7, 11) is 0. The highest BCUT2D eigenvalue weighted by Gasteiger charge is 2.11. The highest BCUT2D eigenvalue weighted by Crippen LogP contribution is 2.20. The van der Waals surface area contributed by atoms with E-state index >= 15 is 0 Å². The number of para-hydroxylation sites is 1. The lowest BCUT2D eigenvalue weighted by Crippen LogP contribution is -2.31. The number of carbonyl (C=O) groups is 2. The molecule has 0 saturated heterocycles. The Morgan fingerprint density at radius 1 is 1.10 bits per heavy atom. The van der Waals surface area contributed by atoms with Crippen LogP contribution in [0.2, 0.25) is 0 Å². The molecular formula is C23H23BrN4O2. The molecule has 0 bridgehead atoms. The molecule has 1 aromatic heterocycles. The van der Waals surface area contributed by atoms with Gasteiger partial charge in [-0.25, -0.2) is 4.68 Å². The van der Waals surface area contributed by atoms with Gasteiger partial charge in [-0.1, -0.05) is 34.1 Å². The molecular weight excluding hydrogens is 444 g/mol. The van der Waals surface area contributed by atoms with E-state index in [0.717, 1.165) is 32.7 Å². The van der Waals surface area contributed by atoms with Crippen molar-refractivity contribution in [3.8, 4) is 5.69 Å². The summed E-state index contributed by atoms with van der Waals surface area (Å²) in [6.07, 6.45) is 3.15. The topological polar surface area (TPSA) is 76.0 Å². The van der Waals surface area contributed by atoms with Gasteiger partial charge in [0, 0.05) is 27.5 Å². The molecule has 0 saturated carbocycles. The molecule has 0 spiro atoms. The second-order valence-electron chi connectivity index (χ2n) is 6.89. The van der Waals surface area contributed by atoms with Crippen molar-refractivity contribution in [1.82, 2.24) is 15.1 Å². The van der Waals surface area contributed by atoms with Gasteiger partial charge in [0.15, 0.2) is 0 Å². The number of hydrogen-bond donors (Lipinski definition) is 2. The molecule has 0 atom stereocenters. The standard InChI is InChI=1S/C23H23BrN4O2/c1-15-13-18(24)9-11-21(15)26-23(30)14-25-22(29)12-10-20-16(2)27-28(17(20)3)19-7-5-4-6-8-19/h4-13H,14H2,1-3H3,(H,25,29)(H,26,30)/b12-10+. The summed E-state index contributed by atoms with van der Waals surface area (Å²) in [5.41, 5.74) is 5.25. The first-order valence-corrected chi connectivity index (χ1v) is 10.3. The van der Waals surface area contributed by atoms with E-state index in [9.17, 15) is 9.59 Å². The van der Waals surface area contributed by atoms with Crippen LogP contribution in [0.25, 0.3) is 11.8 Å². The molecule has 0 fully saturated rings. The van der Waals surface area contributed by atoms with Gasteiger partial charge in [-0.05, 0) is 62.7 Å². The lowest BCUT2D eigenvalue weighted by molar-refractivity contribution is -0.121. The number of rotatable bonds is 6. The predicted molar refractivity (Wildman–Crippen MR) is 123 cm³/mol. The molecule has 7 heteroatoms. The van der Waals surface area contributed by atoms with Gasteiger partial charge < -0.3 is 10.6 Å². The summed E-state index contributed by atoms with van der Waals surface area (Å²) in [5, 5.41) is 9.96. The first-order chi connectivity index (χ1) is 14.3. The van der Waals surface area contributed by atoms with Crippen LogP contribution in [-0.4, -0.2) is 28.1 Å². The number of halogens is 1. The number of nitrogens with one attached hydrogen (secondary N) is 2. The van der Waals surface area contributed by atoms with E-state index in [4.69, 9.17) is 0 Å². The number of aryl methyl sites for hydroxylation is 2. The minimum Gasteiger partial charge on any atom is -0.343 e. The normalized spacial score (nSPS) is 10.9. The number of carbonyl (C=O) groups excluding carboxylic acids is 2. The molecule has 0 radical (unpaired) electrons. The third kappa shape index (κ3) is 5.24. The largest absolute Gasteiger partial charge is 0.343 e. The molecule has 0 aliphatic rings. The second kappa shape index (κ2) is 9.54. The molecule has 0 unspecified atom stereocenters. The third-order valence-electron chi connectivity index (χ3n) is 4.64. The number of hydrogen-bond acceptors (Lipinski definition) is 3. The monoisotopic (exact) mass is 466 g/mol. The Morgan fingerprint density at radius 3 is 2.53 bits per heavy atom. The minimum atomic E-state index is -0.344. The van der Waals surface area contributed by atoms with Gasteiger partial charge in [0.2, 0.25) is 11.8 Å². The summed E-state index contributed by atoms with van der Waals surface area (Å²) in [6.45, 7) is 5.65. The summed E-state index contributed by atoms with van der Waals surface area (Å²) in [4.78, 5) is 24.3. The second-order valence-corrected chi connectivity index (χ2v) is 7.81. The van der Waals surface area contributed by atoms with Gasteiger partial charge in [0.05, 0.1) is 17.9 Å². The first-order valence-electron chi connectivity index (χ1n) is 9.48. The number of anilines is 1. The Kier molecular flexibility index (Phi) is 6.84. The predicted octanol–water partition coefficient (Wildman–Crippen LogP) is 4.33. The minimum absolute atomic E-state index is 0.111. The summed E-state index contributed by atoms with van der Waals surface area (Å²) in [5.74, 6) is -0.629. The number of benzene rings is 2. The zero-order chi connectivity index (χ0) is 21.7. The third-order valence-corrected chi connectivity index (χ3v) is 5.13. The van der Waals surface area contributed by atoms with Crippen LogP contribution in [0.15, 0.2) is 59.1 Å². The summed E-state index contributed by atoms with van der Waals surface area (Å²) in [6, 6.07) is 15.4. The zero-order valence-corrected chi connectivity index (χ0v) is 18.7. The van der Waals surface area contributed by atoms with Crippen molar-refractivity contribution in [2.75, 3.05) is 11.9 Å². The Morgan fingerprint density at radius 2 is 1.83 bits per heavy atom. The van der Waals surface area contributed by atoms with Crippen LogP contribution in [0.4, 0.5) is 5.69 Å². The molecule has 2 N–H and O–H groups in total. The van der Waals surface area contributed by atoms with Crippen molar-refractivity contribution in [2.45, 2.75) is 20.8 Å². The lowest BCUT2D eigenvalue weighted by Gasteiger charge is -2.09. The molecule has 6 nitrogen and oxygen atoms in total. The van der Waals surface area contributed by atoms with E-state index < -0.39 is 0 Å². The molecule has 2 aromatic carbocycles. The molecule has 3 aromatic rings. The van der Waals surface area contributed by atoms with Crippen LogP contribution < -0.4 is 10.6 Å². The van der Waals surface area contributed by atoms with Gasteiger partial charge in [-0.3, -0.25) is 9.59 Å². The van der Waals surface area contributed by atoms with Crippen LogP contribution in [-0.2, 0) is 9.59 Å². The molecule has 2 amide bonds. The maximum Gasteiger partial charge on any atom is 0.244 e. The first kappa shape index (κ1) is 21.5. The number of nitrogens with zero attached hydrogens (tertiary/aromatic N) is 2. The Balaban J connectivity index is 1.60. The van der Waals surface area contributed by atoms with Crippen molar-refractivity contribution >= 4 is 39.5 Å². The maximum absolute atomic E-state index is 12.2. The number of aromatic nitrogens is 2. The molecule has 1 heterocycles. The smallest absolute Gasteiger partial charge is 0.244 e. The van der Waals surface area contributed by atoms with Gasteiger partial charge >= 0.3 is 0 Å². The summed E-state index contributed by atoms with van der Waals surface area (Å²) < 4.78 is 2.79. The van der Waals surface area contributed by atoms with E-state index in [-0.39, 0.29) is 18.4 Å². The quantitative estimate of drug-likeness (QED) is 0.530. The van der Waals surface area contributed by atoms with Gasteiger partial charge in [0.25, 0.3) is 0 Å². The number of amides is 2. The van der Waals surface area contributed by atoms with Crippen LogP contribution in [0.5, 0.6) is 0 Å². The zero-order valence-electron chi connectivity index (χ0n) is 17.1. The van der Waals surface area contributed by atoms with E-state index in [1.54, 1.807) is 6.08 Å². The fraction of sp³-hybridized carbons (Fsp3) is 0.174. The lowest BCUT2D eigenvalue weighted by atomic mass is 10.2. The molecule has 0 aliphatic carbocycles. The molecule has 154 valence electrons. The molecule has 30 heavy (non-hydrogen) atoms. The molecule has 0 aliphatic heterocycles. The Labute approximate surface area is 184 Å². The average molecular weight is 467 g/mol. The fourth-order valence-corrected chi connectivity index (χ4v) is 3.54. The van der Waals surface area contributed by atoms with Crippen molar-refractivity contribution < 1.29 is 9.59 Å². The van der Waals surface area contributed by atoms with Gasteiger partial charge in [-0.15, -0.1) is 0 Å². The Hall–Kier alpha value is -3.19. The van der Waals surface area contributed by atoms with Gasteiger partial charge in [0.1, 0.15) is 0 Å². The van der Waals surface area contributed by atoms with Crippen molar-refractivity contribution in [2.24, 2.45) is 0 Å². The van der Waals surface area contributed by atoms with Gasteiger partial charge in [-0.2, -0.15) is 5.10 Å². The molecule has 3 rings (SSSR count). The van der Waals surface area contributed by atoms with Crippen LogP contribution in [0, 0.1) is 20.8 Å². The SMILES string of the molecule is Cc1cc(Br)ccc1NC(=O)CNC(=O)/C=C/c1c(C)nn(-c2ccccc2)c1C. The highest BCUT2D eigenvalue weighted by molar-refractivity contribution is 9.10. The van der Waals surface area contributed by atoms with E-state index in [0.29, 0.717) is 5.69 Å². The van der Waals surface area contributed by atoms with Crippen molar-refractivity contribution in [3.63, 3.8) is 0 Å². The Bertz CT molecular complexity index is 1100. The van der Waals surface area contributed by atoms with E-state index in [2.05, 4.69) is 31.7 Å².